The minimum atomic E-state index is -0.0266. The van der Waals surface area contributed by atoms with Crippen LogP contribution >= 0.6 is 11.6 Å². The molecule has 0 aliphatic carbocycles. The van der Waals surface area contributed by atoms with Crippen molar-refractivity contribution < 1.29 is 9.53 Å². The van der Waals surface area contributed by atoms with Crippen LogP contribution in [0.4, 0.5) is 11.5 Å². The van der Waals surface area contributed by atoms with E-state index in [4.69, 9.17) is 16.3 Å². The molecule has 3 rings (SSSR count). The Morgan fingerprint density at radius 3 is 3.05 bits per heavy atom. The third-order valence-electron chi connectivity index (χ3n) is 3.28. The molecule has 1 aromatic heterocycles. The summed E-state index contributed by atoms with van der Waals surface area (Å²) in [6.45, 7) is 1.37. The number of anilines is 2. The van der Waals surface area contributed by atoms with Crippen LogP contribution in [-0.2, 0) is 4.79 Å². The molecule has 1 aliphatic heterocycles. The van der Waals surface area contributed by atoms with Gasteiger partial charge >= 0.3 is 0 Å². The Kier molecular flexibility index (Phi) is 4.39. The first-order valence-electron chi connectivity index (χ1n) is 6.97. The minimum absolute atomic E-state index is 0.0266. The molecule has 0 fully saturated rings. The van der Waals surface area contributed by atoms with Crippen LogP contribution in [0.5, 0.6) is 5.75 Å². The first-order chi connectivity index (χ1) is 10.7. The van der Waals surface area contributed by atoms with Crippen LogP contribution in [0.1, 0.15) is 6.42 Å². The Balaban J connectivity index is 1.56. The lowest BCUT2D eigenvalue weighted by Gasteiger charge is -2.29. The lowest BCUT2D eigenvalue weighted by Crippen LogP contribution is -2.39. The summed E-state index contributed by atoms with van der Waals surface area (Å²) >= 11 is 5.77. The fourth-order valence-corrected chi connectivity index (χ4v) is 2.43. The molecule has 114 valence electrons. The molecule has 0 atom stereocenters. The van der Waals surface area contributed by atoms with Gasteiger partial charge in [-0.1, -0.05) is 23.7 Å². The quantitative estimate of drug-likeness (QED) is 0.857. The van der Waals surface area contributed by atoms with E-state index in [0.29, 0.717) is 24.1 Å². The molecule has 22 heavy (non-hydrogen) atoms. The molecule has 2 heterocycles. The van der Waals surface area contributed by atoms with Crippen molar-refractivity contribution in [3.8, 4) is 5.75 Å². The van der Waals surface area contributed by atoms with E-state index < -0.39 is 0 Å². The molecule has 2 aromatic rings. The predicted octanol–water partition coefficient (Wildman–Crippen LogP) is 2.36. The van der Waals surface area contributed by atoms with E-state index in [-0.39, 0.29) is 12.5 Å². The molecule has 1 aliphatic rings. The van der Waals surface area contributed by atoms with Gasteiger partial charge in [-0.25, -0.2) is 4.98 Å². The first-order valence-corrected chi connectivity index (χ1v) is 7.35. The number of nitrogens with one attached hydrogen (secondary N) is 1. The van der Waals surface area contributed by atoms with Gasteiger partial charge in [0.2, 0.25) is 0 Å². The van der Waals surface area contributed by atoms with Crippen LogP contribution in [0.15, 0.2) is 36.7 Å². The van der Waals surface area contributed by atoms with Crippen LogP contribution in [0, 0.1) is 0 Å². The normalized spacial score (nSPS) is 13.5. The smallest absolute Gasteiger partial charge is 0.265 e. The Bertz CT molecular complexity index is 680. The second-order valence-corrected chi connectivity index (χ2v) is 5.20. The molecular formula is C15H15ClN4O2. The predicted molar refractivity (Wildman–Crippen MR) is 84.4 cm³/mol. The number of fused-ring (bicyclic) bond motifs is 1. The van der Waals surface area contributed by atoms with E-state index in [9.17, 15) is 4.79 Å². The SMILES string of the molecule is O=C1COc2ccccc2N1CCCNc1cncc(Cl)n1. The maximum absolute atomic E-state index is 12.0. The van der Waals surface area contributed by atoms with Gasteiger partial charge in [0.1, 0.15) is 16.7 Å². The molecular weight excluding hydrogens is 304 g/mol. The second kappa shape index (κ2) is 6.62. The zero-order valence-electron chi connectivity index (χ0n) is 11.8. The van der Waals surface area contributed by atoms with E-state index in [1.807, 2.05) is 24.3 Å². The van der Waals surface area contributed by atoms with Crippen molar-refractivity contribution >= 4 is 29.0 Å². The molecule has 0 spiro atoms. The molecule has 0 saturated carbocycles. The lowest BCUT2D eigenvalue weighted by molar-refractivity contribution is -0.121. The third kappa shape index (κ3) is 3.28. The zero-order valence-corrected chi connectivity index (χ0v) is 12.6. The Labute approximate surface area is 133 Å². The molecule has 0 bridgehead atoms. The number of para-hydroxylation sites is 2. The summed E-state index contributed by atoms with van der Waals surface area (Å²) in [6.07, 6.45) is 3.87. The highest BCUT2D eigenvalue weighted by molar-refractivity contribution is 6.29. The van der Waals surface area contributed by atoms with Crippen LogP contribution in [0.3, 0.4) is 0 Å². The van der Waals surface area contributed by atoms with E-state index in [1.165, 1.54) is 6.20 Å². The minimum Gasteiger partial charge on any atom is -0.482 e. The van der Waals surface area contributed by atoms with Gasteiger partial charge in [-0.05, 0) is 18.6 Å². The van der Waals surface area contributed by atoms with Crippen molar-refractivity contribution in [1.29, 1.82) is 0 Å². The van der Waals surface area contributed by atoms with Crippen molar-refractivity contribution in [2.75, 3.05) is 29.9 Å². The average Bonchev–Trinajstić information content (AvgIpc) is 2.53. The van der Waals surface area contributed by atoms with Gasteiger partial charge in [0.15, 0.2) is 6.61 Å². The lowest BCUT2D eigenvalue weighted by atomic mass is 10.2. The number of amides is 1. The Morgan fingerprint density at radius 1 is 1.32 bits per heavy atom. The van der Waals surface area contributed by atoms with Crippen molar-refractivity contribution in [3.63, 3.8) is 0 Å². The van der Waals surface area contributed by atoms with Crippen molar-refractivity contribution in [2.24, 2.45) is 0 Å². The number of halogens is 1. The van der Waals surface area contributed by atoms with E-state index in [2.05, 4.69) is 15.3 Å². The third-order valence-corrected chi connectivity index (χ3v) is 3.46. The van der Waals surface area contributed by atoms with Gasteiger partial charge < -0.3 is 15.0 Å². The summed E-state index contributed by atoms with van der Waals surface area (Å²) in [5.41, 5.74) is 0.821. The van der Waals surface area contributed by atoms with Crippen molar-refractivity contribution in [2.45, 2.75) is 6.42 Å². The summed E-state index contributed by atoms with van der Waals surface area (Å²) < 4.78 is 5.41. The number of rotatable bonds is 5. The highest BCUT2D eigenvalue weighted by Crippen LogP contribution is 2.31. The molecule has 1 aromatic carbocycles. The van der Waals surface area contributed by atoms with Crippen LogP contribution in [0.2, 0.25) is 5.15 Å². The van der Waals surface area contributed by atoms with Gasteiger partial charge in [0, 0.05) is 13.1 Å². The summed E-state index contributed by atoms with van der Waals surface area (Å²) in [4.78, 5) is 21.8. The Hall–Kier alpha value is -2.34. The highest BCUT2D eigenvalue weighted by Gasteiger charge is 2.24. The fraction of sp³-hybridized carbons (Fsp3) is 0.267. The van der Waals surface area contributed by atoms with Gasteiger partial charge in [0.25, 0.3) is 5.91 Å². The topological polar surface area (TPSA) is 67.3 Å². The first kappa shape index (κ1) is 14.6. The maximum atomic E-state index is 12.0. The fourth-order valence-electron chi connectivity index (χ4n) is 2.28. The number of hydrogen-bond donors (Lipinski definition) is 1. The molecule has 0 unspecified atom stereocenters. The second-order valence-electron chi connectivity index (χ2n) is 4.81. The summed E-state index contributed by atoms with van der Waals surface area (Å²) in [7, 11) is 0. The molecule has 6 nitrogen and oxygen atoms in total. The van der Waals surface area contributed by atoms with Gasteiger partial charge in [-0.3, -0.25) is 9.78 Å². The number of benzene rings is 1. The van der Waals surface area contributed by atoms with Crippen LogP contribution < -0.4 is 15.0 Å². The largest absolute Gasteiger partial charge is 0.482 e. The summed E-state index contributed by atoms with van der Waals surface area (Å²) in [5.74, 6) is 1.35. The zero-order chi connectivity index (χ0) is 15.4. The van der Waals surface area contributed by atoms with Crippen LogP contribution in [0.25, 0.3) is 0 Å². The highest BCUT2D eigenvalue weighted by atomic mass is 35.5. The standard InChI is InChI=1S/C15H15ClN4O2/c16-13-8-17-9-14(19-13)18-6-3-7-20-11-4-1-2-5-12(11)22-10-15(20)21/h1-2,4-5,8-9H,3,6-7,10H2,(H,18,19). The molecule has 7 heteroatoms. The van der Waals surface area contributed by atoms with E-state index in [0.717, 1.165) is 17.9 Å². The Morgan fingerprint density at radius 2 is 2.18 bits per heavy atom. The number of ether oxygens (including phenoxy) is 1. The van der Waals surface area contributed by atoms with Gasteiger partial charge in [0.05, 0.1) is 18.1 Å². The average molecular weight is 319 g/mol. The van der Waals surface area contributed by atoms with Crippen molar-refractivity contribution in [3.05, 3.63) is 41.8 Å². The number of aromatic nitrogens is 2. The van der Waals surface area contributed by atoms with Gasteiger partial charge in [-0.2, -0.15) is 0 Å². The molecule has 0 saturated heterocycles. The van der Waals surface area contributed by atoms with Gasteiger partial charge in [-0.15, -0.1) is 0 Å². The number of nitrogens with zero attached hydrogens (tertiary/aromatic N) is 3. The van der Waals surface area contributed by atoms with Crippen LogP contribution in [-0.4, -0.2) is 35.6 Å². The molecule has 0 radical (unpaired) electrons. The number of carbonyl (C=O) groups excluding carboxylic acids is 1. The monoisotopic (exact) mass is 318 g/mol. The number of hydrogen-bond acceptors (Lipinski definition) is 5. The summed E-state index contributed by atoms with van der Waals surface area (Å²) in [5, 5.41) is 3.49. The molecule has 1 amide bonds. The number of carbonyl (C=O) groups is 1. The van der Waals surface area contributed by atoms with E-state index >= 15 is 0 Å². The van der Waals surface area contributed by atoms with Crippen molar-refractivity contribution in [1.82, 2.24) is 9.97 Å². The van der Waals surface area contributed by atoms with E-state index in [1.54, 1.807) is 11.1 Å². The maximum Gasteiger partial charge on any atom is 0.265 e. The molecule has 1 N–H and O–H groups in total. The summed E-state index contributed by atoms with van der Waals surface area (Å²) in [6, 6.07) is 7.55.